The molecule has 0 aliphatic heterocycles. The number of benzene rings is 2. The van der Waals surface area contributed by atoms with Crippen LogP contribution in [0.5, 0.6) is 0 Å². The second-order valence-electron chi connectivity index (χ2n) is 9.68. The van der Waals surface area contributed by atoms with E-state index in [-0.39, 0.29) is 24.7 Å². The molecule has 2 aromatic rings. The smallest absolute Gasteiger partial charge is 0.321 e. The zero-order chi connectivity index (χ0) is 24.7. The molecule has 1 saturated carbocycles. The van der Waals surface area contributed by atoms with E-state index in [1.54, 1.807) is 6.07 Å². The van der Waals surface area contributed by atoms with E-state index in [1.807, 2.05) is 30.1 Å². The summed E-state index contributed by atoms with van der Waals surface area (Å²) in [7, 11) is 1.83. The summed E-state index contributed by atoms with van der Waals surface area (Å²) >= 11 is 0. The SMILES string of the molecule is CCCCCCCc1ccc(-c2ccc(CN(C)C3CCC(C(=O)O)(C(=O)O)C3)cc2F)cc1. The summed E-state index contributed by atoms with van der Waals surface area (Å²) in [6.07, 6.45) is 7.93. The highest BCUT2D eigenvalue weighted by molar-refractivity contribution is 5.98. The molecule has 1 atom stereocenters. The quantitative estimate of drug-likeness (QED) is 0.288. The van der Waals surface area contributed by atoms with Crippen molar-refractivity contribution in [2.75, 3.05) is 7.05 Å². The average molecular weight is 470 g/mol. The van der Waals surface area contributed by atoms with Gasteiger partial charge in [-0.3, -0.25) is 14.5 Å². The van der Waals surface area contributed by atoms with Crippen molar-refractivity contribution in [2.24, 2.45) is 5.41 Å². The van der Waals surface area contributed by atoms with Crippen LogP contribution in [0.15, 0.2) is 42.5 Å². The molecule has 1 aliphatic carbocycles. The normalized spacial score (nSPS) is 17.2. The molecule has 34 heavy (non-hydrogen) atoms. The number of rotatable bonds is 12. The van der Waals surface area contributed by atoms with Gasteiger partial charge < -0.3 is 10.2 Å². The molecule has 1 fully saturated rings. The number of halogens is 1. The van der Waals surface area contributed by atoms with Crippen LogP contribution in [0.4, 0.5) is 4.39 Å². The molecule has 5 nitrogen and oxygen atoms in total. The van der Waals surface area contributed by atoms with Crippen molar-refractivity contribution in [1.82, 2.24) is 4.90 Å². The van der Waals surface area contributed by atoms with E-state index in [9.17, 15) is 24.2 Å². The number of carbonyl (C=O) groups is 2. The van der Waals surface area contributed by atoms with Crippen molar-refractivity contribution in [3.63, 3.8) is 0 Å². The third-order valence-corrected chi connectivity index (χ3v) is 7.23. The number of aliphatic carboxylic acids is 2. The molecule has 0 radical (unpaired) electrons. The van der Waals surface area contributed by atoms with Crippen LogP contribution in [-0.2, 0) is 22.6 Å². The van der Waals surface area contributed by atoms with Crippen LogP contribution in [0.3, 0.4) is 0 Å². The van der Waals surface area contributed by atoms with E-state index in [1.165, 1.54) is 43.7 Å². The lowest BCUT2D eigenvalue weighted by Crippen LogP contribution is -2.39. The number of nitrogens with zero attached hydrogens (tertiary/aromatic N) is 1. The number of aryl methyl sites for hydroxylation is 1. The topological polar surface area (TPSA) is 77.8 Å². The van der Waals surface area contributed by atoms with Crippen LogP contribution in [-0.4, -0.2) is 40.1 Å². The van der Waals surface area contributed by atoms with E-state index < -0.39 is 17.4 Å². The Balaban J connectivity index is 1.60. The van der Waals surface area contributed by atoms with Crippen LogP contribution in [0.2, 0.25) is 0 Å². The predicted molar refractivity (Wildman–Crippen MR) is 131 cm³/mol. The van der Waals surface area contributed by atoms with Crippen molar-refractivity contribution in [1.29, 1.82) is 0 Å². The first-order valence-electron chi connectivity index (χ1n) is 12.3. The molecule has 0 amide bonds. The molecule has 184 valence electrons. The van der Waals surface area contributed by atoms with Crippen molar-refractivity contribution < 1.29 is 24.2 Å². The molecule has 3 rings (SSSR count). The Bertz CT molecular complexity index is 974. The molecule has 1 aliphatic rings. The summed E-state index contributed by atoms with van der Waals surface area (Å²) in [5.41, 5.74) is 1.72. The van der Waals surface area contributed by atoms with E-state index in [0.717, 1.165) is 17.5 Å². The molecular weight excluding hydrogens is 433 g/mol. The zero-order valence-electron chi connectivity index (χ0n) is 20.2. The summed E-state index contributed by atoms with van der Waals surface area (Å²) in [5.74, 6) is -2.86. The lowest BCUT2D eigenvalue weighted by atomic mass is 9.86. The average Bonchev–Trinajstić information content (AvgIpc) is 3.27. The van der Waals surface area contributed by atoms with Gasteiger partial charge in [-0.15, -0.1) is 0 Å². The molecule has 0 spiro atoms. The fourth-order valence-electron chi connectivity index (χ4n) is 4.97. The molecule has 0 aromatic heterocycles. The van der Waals surface area contributed by atoms with Gasteiger partial charge in [-0.2, -0.15) is 0 Å². The fraction of sp³-hybridized carbons (Fsp3) is 0.500. The highest BCUT2D eigenvalue weighted by Gasteiger charge is 2.52. The Kier molecular flexibility index (Phi) is 8.84. The van der Waals surface area contributed by atoms with Gasteiger partial charge in [-0.05, 0) is 61.9 Å². The minimum absolute atomic E-state index is 0.0552. The molecule has 2 aromatic carbocycles. The highest BCUT2D eigenvalue weighted by Crippen LogP contribution is 2.41. The van der Waals surface area contributed by atoms with Crippen LogP contribution >= 0.6 is 0 Å². The molecule has 1 unspecified atom stereocenters. The largest absolute Gasteiger partial charge is 0.480 e. The van der Waals surface area contributed by atoms with Gasteiger partial charge in [0.25, 0.3) is 0 Å². The van der Waals surface area contributed by atoms with Gasteiger partial charge in [-0.1, -0.05) is 69.0 Å². The monoisotopic (exact) mass is 469 g/mol. The molecule has 6 heteroatoms. The zero-order valence-corrected chi connectivity index (χ0v) is 20.2. The first-order valence-corrected chi connectivity index (χ1v) is 12.3. The van der Waals surface area contributed by atoms with E-state index >= 15 is 0 Å². The lowest BCUT2D eigenvalue weighted by Gasteiger charge is -2.26. The molecule has 0 heterocycles. The first-order chi connectivity index (χ1) is 16.3. The minimum atomic E-state index is -1.73. The summed E-state index contributed by atoms with van der Waals surface area (Å²) < 4.78 is 14.9. The number of hydrogen-bond acceptors (Lipinski definition) is 3. The third-order valence-electron chi connectivity index (χ3n) is 7.23. The number of hydrogen-bond donors (Lipinski definition) is 2. The Morgan fingerprint density at radius 2 is 1.65 bits per heavy atom. The predicted octanol–water partition coefficient (Wildman–Crippen LogP) is 6.15. The maximum Gasteiger partial charge on any atom is 0.321 e. The van der Waals surface area contributed by atoms with Gasteiger partial charge in [0.05, 0.1) is 0 Å². The summed E-state index contributed by atoms with van der Waals surface area (Å²) in [5, 5.41) is 18.9. The fourth-order valence-corrected chi connectivity index (χ4v) is 4.97. The van der Waals surface area contributed by atoms with Gasteiger partial charge in [0.1, 0.15) is 5.82 Å². The highest BCUT2D eigenvalue weighted by atomic mass is 19.1. The molecule has 0 bridgehead atoms. The second kappa shape index (κ2) is 11.6. The van der Waals surface area contributed by atoms with E-state index in [0.29, 0.717) is 18.5 Å². The summed E-state index contributed by atoms with van der Waals surface area (Å²) in [6.45, 7) is 2.64. The maximum absolute atomic E-state index is 14.9. The van der Waals surface area contributed by atoms with E-state index in [4.69, 9.17) is 0 Å². The van der Waals surface area contributed by atoms with Gasteiger partial charge in [0.2, 0.25) is 0 Å². The Labute approximate surface area is 201 Å². The van der Waals surface area contributed by atoms with Gasteiger partial charge in [-0.25, -0.2) is 4.39 Å². The maximum atomic E-state index is 14.9. The first kappa shape index (κ1) is 25.9. The van der Waals surface area contributed by atoms with E-state index in [2.05, 4.69) is 19.1 Å². The summed E-state index contributed by atoms with van der Waals surface area (Å²) in [4.78, 5) is 25.1. The standard InChI is InChI=1S/C28H36FNO4/c1-3-4-5-6-7-8-20-9-12-22(13-10-20)24-14-11-21(17-25(24)29)19-30(2)23-15-16-28(18-23,26(31)32)27(33)34/h9-14,17,23H,3-8,15-16,18-19H2,1-2H3,(H,31,32)(H,33,34). The summed E-state index contributed by atoms with van der Waals surface area (Å²) in [6, 6.07) is 13.1. The van der Waals surface area contributed by atoms with Crippen LogP contribution in [0.25, 0.3) is 11.1 Å². The number of carboxylic acid groups (broad SMARTS) is 2. The van der Waals surface area contributed by atoms with Crippen molar-refractivity contribution >= 4 is 11.9 Å². The molecule has 0 saturated heterocycles. The Morgan fingerprint density at radius 3 is 2.24 bits per heavy atom. The van der Waals surface area contributed by atoms with Crippen molar-refractivity contribution in [2.45, 2.75) is 77.3 Å². The minimum Gasteiger partial charge on any atom is -0.480 e. The lowest BCUT2D eigenvalue weighted by molar-refractivity contribution is -0.164. The third kappa shape index (κ3) is 6.03. The van der Waals surface area contributed by atoms with Gasteiger partial charge >= 0.3 is 11.9 Å². The molecule has 2 N–H and O–H groups in total. The molecular formula is C28H36FNO4. The van der Waals surface area contributed by atoms with Crippen molar-refractivity contribution in [3.8, 4) is 11.1 Å². The van der Waals surface area contributed by atoms with Gasteiger partial charge in [0.15, 0.2) is 5.41 Å². The van der Waals surface area contributed by atoms with Crippen LogP contribution in [0.1, 0.15) is 69.4 Å². The van der Waals surface area contributed by atoms with Crippen LogP contribution < -0.4 is 0 Å². The van der Waals surface area contributed by atoms with Crippen LogP contribution in [0, 0.1) is 11.2 Å². The Morgan fingerprint density at radius 1 is 1.00 bits per heavy atom. The second-order valence-corrected chi connectivity index (χ2v) is 9.68. The number of carboxylic acids is 2. The van der Waals surface area contributed by atoms with Gasteiger partial charge in [0, 0.05) is 18.2 Å². The number of unbranched alkanes of at least 4 members (excludes halogenated alkanes) is 4. The Hall–Kier alpha value is -2.73. The van der Waals surface area contributed by atoms with Crippen molar-refractivity contribution in [3.05, 3.63) is 59.4 Å².